The van der Waals surface area contributed by atoms with Gasteiger partial charge in [0, 0.05) is 33.2 Å². The number of rotatable bonds is 7. The number of hydrogen-bond acceptors (Lipinski definition) is 2. The van der Waals surface area contributed by atoms with E-state index in [1.807, 2.05) is 121 Å². The molecule has 0 bridgehead atoms. The van der Waals surface area contributed by atoms with Crippen molar-refractivity contribution in [2.24, 2.45) is 0 Å². The maximum Gasteiger partial charge on any atom is 0.143 e. The normalized spacial score (nSPS) is 14.7. The zero-order valence-corrected chi connectivity index (χ0v) is 28.6. The van der Waals surface area contributed by atoms with E-state index in [-0.39, 0.29) is 5.69 Å². The Bertz CT molecular complexity index is 3600. The fraction of sp³-hybridized carbons (Fsp3) is 0. The number of hydrogen-bond donors (Lipinski definition) is 0. The van der Waals surface area contributed by atoms with Crippen LogP contribution in [0, 0.1) is 0 Å². The van der Waals surface area contributed by atoms with Gasteiger partial charge in [0.2, 0.25) is 0 Å². The smallest absolute Gasteiger partial charge is 0.143 e. The van der Waals surface area contributed by atoms with Crippen LogP contribution in [0.2, 0.25) is 0 Å². The van der Waals surface area contributed by atoms with Crippen LogP contribution in [0.3, 0.4) is 0 Å². The summed E-state index contributed by atoms with van der Waals surface area (Å²) >= 11 is 0. The molecule has 1 heterocycles. The van der Waals surface area contributed by atoms with Crippen molar-refractivity contribution in [3.05, 3.63) is 212 Å². The van der Waals surface area contributed by atoms with Crippen molar-refractivity contribution >= 4 is 49.8 Å². The maximum absolute atomic E-state index is 9.57. The predicted octanol–water partition coefficient (Wildman–Crippen LogP) is 14.9. The first-order valence-corrected chi connectivity index (χ1v) is 17.4. The van der Waals surface area contributed by atoms with Gasteiger partial charge in [-0.3, -0.25) is 0 Å². The predicted molar refractivity (Wildman–Crippen MR) is 228 cm³/mol. The Kier molecular flexibility index (Phi) is 5.17. The lowest BCUT2D eigenvalue weighted by atomic mass is 9.97. The zero-order chi connectivity index (χ0) is 47.2. The van der Waals surface area contributed by atoms with Gasteiger partial charge in [0.25, 0.3) is 0 Å². The van der Waals surface area contributed by atoms with Gasteiger partial charge >= 0.3 is 0 Å². The van der Waals surface area contributed by atoms with Crippen LogP contribution < -0.4 is 4.90 Å². The summed E-state index contributed by atoms with van der Waals surface area (Å²) in [6.07, 6.45) is 0. The van der Waals surface area contributed by atoms with E-state index in [4.69, 9.17) is 16.8 Å². The van der Waals surface area contributed by atoms with Gasteiger partial charge in [-0.2, -0.15) is 0 Å². The summed E-state index contributed by atoms with van der Waals surface area (Å²) < 4.78 is 122. The number of furan rings is 1. The summed E-state index contributed by atoms with van der Waals surface area (Å²) in [5.74, 6) is 0. The summed E-state index contributed by atoms with van der Waals surface area (Å²) in [6.45, 7) is 0. The quantitative estimate of drug-likeness (QED) is 0.164. The van der Waals surface area contributed by atoms with Crippen LogP contribution in [0.15, 0.2) is 216 Å². The monoisotopic (exact) mass is 702 g/mol. The van der Waals surface area contributed by atoms with Crippen LogP contribution in [-0.2, 0) is 0 Å². The van der Waals surface area contributed by atoms with Gasteiger partial charge in [0.1, 0.15) is 11.2 Å². The second kappa shape index (κ2) is 13.4. The summed E-state index contributed by atoms with van der Waals surface area (Å²) in [6, 6.07) is 33.6. The highest BCUT2D eigenvalue weighted by atomic mass is 16.3. The molecule has 0 atom stereocenters. The fourth-order valence-corrected chi connectivity index (χ4v) is 6.93. The lowest BCUT2D eigenvalue weighted by Crippen LogP contribution is -2.10. The number of fused-ring (bicyclic) bond motifs is 5. The third-order valence-corrected chi connectivity index (χ3v) is 9.50. The molecule has 0 spiro atoms. The summed E-state index contributed by atoms with van der Waals surface area (Å²) in [5, 5.41) is 3.84. The topological polar surface area (TPSA) is 16.4 Å². The van der Waals surface area contributed by atoms with E-state index in [0.29, 0.717) is 17.0 Å². The van der Waals surface area contributed by atoms with Gasteiger partial charge < -0.3 is 9.32 Å². The molecular formula is C52H35NO. The third kappa shape index (κ3) is 5.71. The standard InChI is InChI=1S/C52H35NO/c1-3-11-36(12-4-1)38-21-23-39(24-22-38)41-27-32-45(33-28-41)53(44-30-25-40(26-31-44)37-13-5-2-6-14-37)46-17-9-16-43(35-46)47-19-10-20-50-51(47)49-34-29-42-15-7-8-18-48(42)52(49)54-50/h1-35H/i1D,3D,4D,11D,12D,21D,22D,23D,24D,27D,28D,32D,33D. The average molecular weight is 703 g/mol. The van der Waals surface area contributed by atoms with Crippen LogP contribution >= 0.6 is 0 Å². The highest BCUT2D eigenvalue weighted by molar-refractivity contribution is 6.19. The van der Waals surface area contributed by atoms with Crippen LogP contribution in [0.5, 0.6) is 0 Å². The molecular weight excluding hydrogens is 655 g/mol. The Hall–Kier alpha value is -7.16. The molecule has 54 heavy (non-hydrogen) atoms. The van der Waals surface area contributed by atoms with Gasteiger partial charge in [-0.15, -0.1) is 0 Å². The molecule has 10 rings (SSSR count). The SMILES string of the molecule is [2H]c1c([2H])c([2H])c(-c2c([2H])c([2H])c(-c3c([2H])c([2H])c(N(c4ccc(-c5ccccc5)cc4)c4cccc(-c5cccc6oc7c8ccccc8ccc7c56)c4)c([2H])c3[2H])c([2H])c2[2H])c([2H])c1[2H]. The lowest BCUT2D eigenvalue weighted by Gasteiger charge is -2.26. The van der Waals surface area contributed by atoms with E-state index in [2.05, 4.69) is 6.07 Å². The van der Waals surface area contributed by atoms with Crippen molar-refractivity contribution in [3.63, 3.8) is 0 Å². The molecule has 0 saturated heterocycles. The first-order chi connectivity index (χ1) is 32.2. The minimum Gasteiger partial charge on any atom is -0.455 e. The Morgan fingerprint density at radius 3 is 1.78 bits per heavy atom. The Labute approximate surface area is 333 Å². The van der Waals surface area contributed by atoms with E-state index in [1.165, 1.54) is 0 Å². The number of anilines is 3. The largest absolute Gasteiger partial charge is 0.455 e. The zero-order valence-electron chi connectivity index (χ0n) is 41.6. The molecule has 0 radical (unpaired) electrons. The Morgan fingerprint density at radius 2 is 1.02 bits per heavy atom. The maximum atomic E-state index is 9.57. The molecule has 0 N–H and O–H groups in total. The second-order valence-electron chi connectivity index (χ2n) is 12.7. The molecule has 9 aromatic carbocycles. The molecule has 2 heteroatoms. The second-order valence-corrected chi connectivity index (χ2v) is 12.7. The summed E-state index contributed by atoms with van der Waals surface area (Å²) in [4.78, 5) is 1.63. The van der Waals surface area contributed by atoms with Crippen molar-refractivity contribution in [2.45, 2.75) is 0 Å². The first kappa shape index (κ1) is 20.8. The van der Waals surface area contributed by atoms with Crippen molar-refractivity contribution < 1.29 is 22.2 Å². The van der Waals surface area contributed by atoms with Crippen LogP contribution in [0.1, 0.15) is 17.8 Å². The molecule has 10 aromatic rings. The molecule has 2 nitrogen and oxygen atoms in total. The minimum atomic E-state index is -0.777. The van der Waals surface area contributed by atoms with Gasteiger partial charge in [-0.05, 0) is 98.4 Å². The molecule has 254 valence electrons. The van der Waals surface area contributed by atoms with Crippen LogP contribution in [0.25, 0.3) is 77.2 Å². The summed E-state index contributed by atoms with van der Waals surface area (Å²) in [5.41, 5.74) is 3.65. The first-order valence-electron chi connectivity index (χ1n) is 23.9. The van der Waals surface area contributed by atoms with Gasteiger partial charge in [-0.1, -0.05) is 164 Å². The van der Waals surface area contributed by atoms with E-state index >= 15 is 0 Å². The molecule has 1 aromatic heterocycles. The Morgan fingerprint density at radius 1 is 0.389 bits per heavy atom. The van der Waals surface area contributed by atoms with Crippen LogP contribution in [-0.4, -0.2) is 0 Å². The molecule has 0 saturated carbocycles. The van der Waals surface area contributed by atoms with Gasteiger partial charge in [0.15, 0.2) is 0 Å². The van der Waals surface area contributed by atoms with Gasteiger partial charge in [-0.25, -0.2) is 0 Å². The van der Waals surface area contributed by atoms with E-state index < -0.39 is 101 Å². The van der Waals surface area contributed by atoms with Crippen molar-refractivity contribution in [1.29, 1.82) is 0 Å². The van der Waals surface area contributed by atoms with Crippen LogP contribution in [0.4, 0.5) is 17.1 Å². The molecule has 0 aliphatic carbocycles. The Balaban J connectivity index is 1.17. The van der Waals surface area contributed by atoms with Crippen molar-refractivity contribution in [2.75, 3.05) is 4.90 Å². The van der Waals surface area contributed by atoms with Crippen molar-refractivity contribution in [3.8, 4) is 44.5 Å². The highest BCUT2D eigenvalue weighted by Crippen LogP contribution is 2.42. The number of nitrogens with zero attached hydrogens (tertiary/aromatic N) is 1. The van der Waals surface area contributed by atoms with Gasteiger partial charge in [0.05, 0.1) is 17.8 Å². The molecule has 0 aliphatic rings. The van der Waals surface area contributed by atoms with E-state index in [1.54, 1.807) is 11.0 Å². The lowest BCUT2D eigenvalue weighted by molar-refractivity contribution is 0.673. The van der Waals surface area contributed by atoms with E-state index in [0.717, 1.165) is 49.4 Å². The van der Waals surface area contributed by atoms with E-state index in [9.17, 15) is 5.48 Å². The molecule has 0 fully saturated rings. The average Bonchev–Trinajstić information content (AvgIpc) is 3.75. The molecule has 0 aliphatic heterocycles. The molecule has 0 unspecified atom stereocenters. The third-order valence-electron chi connectivity index (χ3n) is 9.50. The minimum absolute atomic E-state index is 0.146. The fourth-order valence-electron chi connectivity index (χ4n) is 6.93. The summed E-state index contributed by atoms with van der Waals surface area (Å²) in [7, 11) is 0. The molecule has 0 amide bonds. The highest BCUT2D eigenvalue weighted by Gasteiger charge is 2.18. The number of benzene rings is 9. The van der Waals surface area contributed by atoms with Crippen molar-refractivity contribution in [1.82, 2.24) is 0 Å².